The van der Waals surface area contributed by atoms with Crippen molar-refractivity contribution in [3.63, 3.8) is 0 Å². The van der Waals surface area contributed by atoms with Crippen molar-refractivity contribution >= 4 is 11.7 Å². The Balaban J connectivity index is 1.94. The minimum absolute atomic E-state index is 0.197. The van der Waals surface area contributed by atoms with Crippen molar-refractivity contribution in [2.75, 3.05) is 19.0 Å². The number of nitrogens with zero attached hydrogens (tertiary/aromatic N) is 3. The van der Waals surface area contributed by atoms with Gasteiger partial charge in [-0.15, -0.1) is 10.2 Å². The fourth-order valence-electron chi connectivity index (χ4n) is 3.18. The van der Waals surface area contributed by atoms with E-state index >= 15 is 0 Å². The van der Waals surface area contributed by atoms with Gasteiger partial charge in [-0.3, -0.25) is 4.79 Å². The third kappa shape index (κ3) is 3.93. The van der Waals surface area contributed by atoms with Gasteiger partial charge in [0, 0.05) is 20.1 Å². The predicted molar refractivity (Wildman–Crippen MR) is 84.5 cm³/mol. The van der Waals surface area contributed by atoms with Crippen LogP contribution < -0.4 is 10.2 Å². The van der Waals surface area contributed by atoms with Gasteiger partial charge in [0.05, 0.1) is 0 Å². The maximum atomic E-state index is 11.5. The van der Waals surface area contributed by atoms with E-state index < -0.39 is 0 Å². The van der Waals surface area contributed by atoms with Gasteiger partial charge in [0.15, 0.2) is 11.5 Å². The highest BCUT2D eigenvalue weighted by Gasteiger charge is 2.24. The van der Waals surface area contributed by atoms with Gasteiger partial charge in [0.2, 0.25) is 0 Å². The third-order valence-corrected chi connectivity index (χ3v) is 4.53. The molecular formula is C16H26N4O. The van der Waals surface area contributed by atoms with Gasteiger partial charge in [-0.1, -0.05) is 19.8 Å². The average molecular weight is 290 g/mol. The SMILES string of the molecule is CCCC1CCC(N(C)c2ccc(C(=O)NC)nn2)CC1. The van der Waals surface area contributed by atoms with Crippen LogP contribution in [0, 0.1) is 5.92 Å². The van der Waals surface area contributed by atoms with Crippen molar-refractivity contribution in [3.05, 3.63) is 17.8 Å². The minimum Gasteiger partial charge on any atom is -0.355 e. The monoisotopic (exact) mass is 290 g/mol. The highest BCUT2D eigenvalue weighted by atomic mass is 16.1. The van der Waals surface area contributed by atoms with Crippen molar-refractivity contribution in [3.8, 4) is 0 Å². The summed E-state index contributed by atoms with van der Waals surface area (Å²) in [5, 5.41) is 10.8. The van der Waals surface area contributed by atoms with Crippen molar-refractivity contribution < 1.29 is 4.79 Å². The Morgan fingerprint density at radius 2 is 2.00 bits per heavy atom. The summed E-state index contributed by atoms with van der Waals surface area (Å²) in [7, 11) is 3.67. The first-order valence-corrected chi connectivity index (χ1v) is 7.94. The van der Waals surface area contributed by atoms with E-state index in [2.05, 4.69) is 34.4 Å². The van der Waals surface area contributed by atoms with Crippen LogP contribution in [0.15, 0.2) is 12.1 Å². The molecule has 21 heavy (non-hydrogen) atoms. The first kappa shape index (κ1) is 15.7. The molecule has 0 bridgehead atoms. The molecule has 1 aliphatic carbocycles. The van der Waals surface area contributed by atoms with Crippen LogP contribution in [0.25, 0.3) is 0 Å². The molecule has 0 radical (unpaired) electrons. The predicted octanol–water partition coefficient (Wildman–Crippen LogP) is 2.63. The topological polar surface area (TPSA) is 58.1 Å². The molecule has 0 aliphatic heterocycles. The van der Waals surface area contributed by atoms with Gasteiger partial charge in [-0.2, -0.15) is 0 Å². The second-order valence-corrected chi connectivity index (χ2v) is 5.93. The molecule has 116 valence electrons. The van der Waals surface area contributed by atoms with E-state index in [0.717, 1.165) is 11.7 Å². The lowest BCUT2D eigenvalue weighted by Gasteiger charge is -2.35. The number of nitrogens with one attached hydrogen (secondary N) is 1. The van der Waals surface area contributed by atoms with E-state index in [-0.39, 0.29) is 5.91 Å². The summed E-state index contributed by atoms with van der Waals surface area (Å²) >= 11 is 0. The Hall–Kier alpha value is -1.65. The maximum absolute atomic E-state index is 11.5. The quantitative estimate of drug-likeness (QED) is 0.905. The van der Waals surface area contributed by atoms with E-state index in [1.54, 1.807) is 13.1 Å². The van der Waals surface area contributed by atoms with Crippen molar-refractivity contribution in [1.82, 2.24) is 15.5 Å². The summed E-state index contributed by atoms with van der Waals surface area (Å²) in [6.45, 7) is 2.27. The minimum atomic E-state index is -0.197. The lowest BCUT2D eigenvalue weighted by atomic mass is 9.83. The lowest BCUT2D eigenvalue weighted by molar-refractivity contribution is 0.0957. The zero-order valence-electron chi connectivity index (χ0n) is 13.3. The number of carbonyl (C=O) groups excluding carboxylic acids is 1. The smallest absolute Gasteiger partial charge is 0.271 e. The van der Waals surface area contributed by atoms with Crippen molar-refractivity contribution in [2.24, 2.45) is 5.92 Å². The largest absolute Gasteiger partial charge is 0.355 e. The average Bonchev–Trinajstić information content (AvgIpc) is 2.54. The number of amides is 1. The van der Waals surface area contributed by atoms with E-state index in [9.17, 15) is 4.79 Å². The summed E-state index contributed by atoms with van der Waals surface area (Å²) in [5.41, 5.74) is 0.362. The number of anilines is 1. The molecule has 1 aromatic rings. The van der Waals surface area contributed by atoms with Crippen LogP contribution in [0.1, 0.15) is 55.9 Å². The Morgan fingerprint density at radius 3 is 2.52 bits per heavy atom. The molecule has 1 heterocycles. The number of aromatic nitrogens is 2. The van der Waals surface area contributed by atoms with Crippen LogP contribution in [-0.2, 0) is 0 Å². The normalized spacial score (nSPS) is 21.9. The van der Waals surface area contributed by atoms with Crippen LogP contribution in [0.4, 0.5) is 5.82 Å². The molecule has 0 aromatic carbocycles. The van der Waals surface area contributed by atoms with E-state index in [4.69, 9.17) is 0 Å². The molecule has 1 aromatic heterocycles. The van der Waals surface area contributed by atoms with Gasteiger partial charge < -0.3 is 10.2 Å². The van der Waals surface area contributed by atoms with E-state index in [0.29, 0.717) is 11.7 Å². The standard InChI is InChI=1S/C16H26N4O/c1-4-5-12-6-8-13(9-7-12)20(3)15-11-10-14(18-19-15)16(21)17-2/h10-13H,4-9H2,1-3H3,(H,17,21). The molecule has 5 nitrogen and oxygen atoms in total. The second-order valence-electron chi connectivity index (χ2n) is 5.93. The summed E-state index contributed by atoms with van der Waals surface area (Å²) in [5.74, 6) is 1.56. The van der Waals surface area contributed by atoms with Gasteiger partial charge >= 0.3 is 0 Å². The maximum Gasteiger partial charge on any atom is 0.271 e. The molecule has 1 amide bonds. The first-order chi connectivity index (χ1) is 10.2. The molecular weight excluding hydrogens is 264 g/mol. The molecule has 0 unspecified atom stereocenters. The van der Waals surface area contributed by atoms with Crippen LogP contribution in [0.3, 0.4) is 0 Å². The first-order valence-electron chi connectivity index (χ1n) is 7.94. The molecule has 1 fully saturated rings. The van der Waals surface area contributed by atoms with Crippen LogP contribution >= 0.6 is 0 Å². The Morgan fingerprint density at radius 1 is 1.29 bits per heavy atom. The summed E-state index contributed by atoms with van der Waals surface area (Å²) in [4.78, 5) is 13.7. The molecule has 1 N–H and O–H groups in total. The van der Waals surface area contributed by atoms with Crippen molar-refractivity contribution in [1.29, 1.82) is 0 Å². The molecule has 0 saturated heterocycles. The van der Waals surface area contributed by atoms with Crippen molar-refractivity contribution in [2.45, 2.75) is 51.5 Å². The fraction of sp³-hybridized carbons (Fsp3) is 0.688. The molecule has 1 saturated carbocycles. The van der Waals surface area contributed by atoms with Gasteiger partial charge in [0.1, 0.15) is 0 Å². The molecule has 2 rings (SSSR count). The number of rotatable bonds is 5. The fourth-order valence-corrected chi connectivity index (χ4v) is 3.18. The molecule has 0 spiro atoms. The Labute approximate surface area is 127 Å². The van der Waals surface area contributed by atoms with Gasteiger partial charge in [-0.05, 0) is 43.7 Å². The lowest BCUT2D eigenvalue weighted by Crippen LogP contribution is -2.36. The number of carbonyl (C=O) groups is 1. The van der Waals surface area contributed by atoms with Crippen LogP contribution in [0.2, 0.25) is 0 Å². The third-order valence-electron chi connectivity index (χ3n) is 4.53. The summed E-state index contributed by atoms with van der Waals surface area (Å²) < 4.78 is 0. The number of hydrogen-bond acceptors (Lipinski definition) is 4. The zero-order valence-corrected chi connectivity index (χ0v) is 13.3. The highest BCUT2D eigenvalue weighted by Crippen LogP contribution is 2.31. The van der Waals surface area contributed by atoms with E-state index in [1.165, 1.54) is 38.5 Å². The van der Waals surface area contributed by atoms with Crippen LogP contribution in [-0.4, -0.2) is 36.2 Å². The van der Waals surface area contributed by atoms with E-state index in [1.807, 2.05) is 6.07 Å². The second kappa shape index (κ2) is 7.38. The summed E-state index contributed by atoms with van der Waals surface area (Å²) in [6.07, 6.45) is 7.72. The molecule has 0 atom stereocenters. The molecule has 5 heteroatoms. The molecule has 1 aliphatic rings. The number of hydrogen-bond donors (Lipinski definition) is 1. The Bertz CT molecular complexity index is 452. The van der Waals surface area contributed by atoms with Crippen LogP contribution in [0.5, 0.6) is 0 Å². The highest BCUT2D eigenvalue weighted by molar-refractivity contribution is 5.91. The van der Waals surface area contributed by atoms with Gasteiger partial charge in [-0.25, -0.2) is 0 Å². The Kier molecular flexibility index (Phi) is 5.53. The summed E-state index contributed by atoms with van der Waals surface area (Å²) in [6, 6.07) is 4.16. The van der Waals surface area contributed by atoms with Gasteiger partial charge in [0.25, 0.3) is 5.91 Å². The zero-order chi connectivity index (χ0) is 15.2.